The molecule has 2 atom stereocenters. The third-order valence-electron chi connectivity index (χ3n) is 2.37. The summed E-state index contributed by atoms with van der Waals surface area (Å²) in [5.41, 5.74) is 0. The summed E-state index contributed by atoms with van der Waals surface area (Å²) in [6, 6.07) is 0. The lowest BCUT2D eigenvalue weighted by molar-refractivity contribution is 0.184. The van der Waals surface area contributed by atoms with Crippen molar-refractivity contribution >= 4 is 0 Å². The summed E-state index contributed by atoms with van der Waals surface area (Å²) in [6.45, 7) is 8.52. The number of hydrogen-bond donors (Lipinski definition) is 0. The molecule has 2 fully saturated rings. The summed E-state index contributed by atoms with van der Waals surface area (Å²) in [7, 11) is 0. The summed E-state index contributed by atoms with van der Waals surface area (Å²) in [4.78, 5) is 0. The van der Waals surface area contributed by atoms with E-state index in [-0.39, 0.29) is 6.10 Å². The zero-order chi connectivity index (χ0) is 12.1. The summed E-state index contributed by atoms with van der Waals surface area (Å²) < 4.78 is 20.9. The Kier molecular flexibility index (Phi) is 4.23. The van der Waals surface area contributed by atoms with E-state index in [0.717, 1.165) is 19.0 Å². The molecule has 2 unspecified atom stereocenters. The molecule has 0 amide bonds. The lowest BCUT2D eigenvalue weighted by Crippen LogP contribution is -1.99. The van der Waals surface area contributed by atoms with Gasteiger partial charge in [-0.2, -0.15) is 0 Å². The van der Waals surface area contributed by atoms with Crippen LogP contribution < -0.4 is 0 Å². The molecule has 0 aromatic rings. The van der Waals surface area contributed by atoms with E-state index in [4.69, 9.17) is 18.9 Å². The van der Waals surface area contributed by atoms with Gasteiger partial charge in [0.2, 0.25) is 0 Å². The third kappa shape index (κ3) is 5.56. The summed E-state index contributed by atoms with van der Waals surface area (Å²) in [6.07, 6.45) is 6.10. The van der Waals surface area contributed by atoms with Gasteiger partial charge < -0.3 is 18.9 Å². The van der Waals surface area contributed by atoms with Gasteiger partial charge in [0.05, 0.1) is 19.0 Å². The van der Waals surface area contributed by atoms with Crippen LogP contribution in [-0.2, 0) is 18.9 Å². The molecule has 4 nitrogen and oxygen atoms in total. The van der Waals surface area contributed by atoms with E-state index in [9.17, 15) is 0 Å². The molecule has 0 N–H and O–H groups in total. The molecule has 0 spiro atoms. The third-order valence-corrected chi connectivity index (χ3v) is 2.37. The van der Waals surface area contributed by atoms with Gasteiger partial charge in [-0.05, 0) is 19.1 Å². The minimum absolute atomic E-state index is 0.263. The standard InChI is InChI=1S/C13H18O4/c1-10(14-6-12-8-16-12)4-3-5-11(2)15-7-13-9-17-13/h3-5,12-13H,1,6-9H2,2H3/b4-3-,11-5+. The average molecular weight is 238 g/mol. The molecule has 94 valence electrons. The van der Waals surface area contributed by atoms with Gasteiger partial charge in [0, 0.05) is 0 Å². The normalized spacial score (nSPS) is 27.0. The second kappa shape index (κ2) is 5.89. The van der Waals surface area contributed by atoms with Gasteiger partial charge in [-0.1, -0.05) is 12.7 Å². The smallest absolute Gasteiger partial charge is 0.117 e. The minimum Gasteiger partial charge on any atom is -0.495 e. The Bertz CT molecular complexity index is 324. The molecular weight excluding hydrogens is 220 g/mol. The largest absolute Gasteiger partial charge is 0.495 e. The van der Waals surface area contributed by atoms with E-state index >= 15 is 0 Å². The Hall–Kier alpha value is -1.26. The molecule has 2 saturated heterocycles. The molecule has 2 heterocycles. The van der Waals surface area contributed by atoms with Crippen LogP contribution in [0.4, 0.5) is 0 Å². The van der Waals surface area contributed by atoms with Crippen molar-refractivity contribution < 1.29 is 18.9 Å². The Morgan fingerprint density at radius 1 is 1.24 bits per heavy atom. The van der Waals surface area contributed by atoms with Gasteiger partial charge in [0.25, 0.3) is 0 Å². The van der Waals surface area contributed by atoms with E-state index in [1.165, 1.54) is 0 Å². The lowest BCUT2D eigenvalue weighted by atomic mass is 10.4. The number of hydrogen-bond acceptors (Lipinski definition) is 4. The van der Waals surface area contributed by atoms with Crippen molar-refractivity contribution in [3.63, 3.8) is 0 Å². The molecule has 0 aromatic carbocycles. The zero-order valence-corrected chi connectivity index (χ0v) is 10.1. The molecular formula is C13H18O4. The summed E-state index contributed by atoms with van der Waals surface area (Å²) in [5.74, 6) is 1.49. The van der Waals surface area contributed by atoms with Crippen LogP contribution in [0.15, 0.2) is 36.3 Å². The SMILES string of the molecule is C=C(/C=C\C=C(/C)OCC1CO1)OCC1CO1. The maximum absolute atomic E-state index is 5.45. The van der Waals surface area contributed by atoms with Gasteiger partial charge in [-0.3, -0.25) is 0 Å². The highest BCUT2D eigenvalue weighted by Crippen LogP contribution is 2.12. The molecule has 0 aromatic heterocycles. The highest BCUT2D eigenvalue weighted by molar-refractivity contribution is 5.15. The molecule has 2 rings (SSSR count). The molecule has 0 saturated carbocycles. The highest BCUT2D eigenvalue weighted by atomic mass is 16.6. The Morgan fingerprint density at radius 2 is 1.82 bits per heavy atom. The van der Waals surface area contributed by atoms with E-state index in [2.05, 4.69) is 6.58 Å². The van der Waals surface area contributed by atoms with E-state index < -0.39 is 0 Å². The van der Waals surface area contributed by atoms with Crippen LogP contribution >= 0.6 is 0 Å². The Morgan fingerprint density at radius 3 is 2.41 bits per heavy atom. The van der Waals surface area contributed by atoms with Crippen molar-refractivity contribution in [2.75, 3.05) is 26.4 Å². The quantitative estimate of drug-likeness (QED) is 0.367. The van der Waals surface area contributed by atoms with Crippen LogP contribution in [0.5, 0.6) is 0 Å². The maximum Gasteiger partial charge on any atom is 0.117 e. The zero-order valence-electron chi connectivity index (χ0n) is 10.1. The number of allylic oxidation sites excluding steroid dienone is 4. The molecule has 0 bridgehead atoms. The first-order valence-corrected chi connectivity index (χ1v) is 5.76. The monoisotopic (exact) mass is 238 g/mol. The summed E-state index contributed by atoms with van der Waals surface area (Å²) in [5, 5.41) is 0. The molecule has 17 heavy (non-hydrogen) atoms. The Balaban J connectivity index is 1.59. The van der Waals surface area contributed by atoms with Crippen LogP contribution in [0, 0.1) is 0 Å². The first-order chi connectivity index (χ1) is 8.24. The van der Waals surface area contributed by atoms with Crippen LogP contribution in [0.25, 0.3) is 0 Å². The van der Waals surface area contributed by atoms with Crippen LogP contribution in [0.3, 0.4) is 0 Å². The van der Waals surface area contributed by atoms with Crippen molar-refractivity contribution in [2.45, 2.75) is 19.1 Å². The first-order valence-electron chi connectivity index (χ1n) is 5.76. The minimum atomic E-state index is 0.263. The van der Waals surface area contributed by atoms with Gasteiger partial charge >= 0.3 is 0 Å². The highest BCUT2D eigenvalue weighted by Gasteiger charge is 2.23. The van der Waals surface area contributed by atoms with E-state index in [1.807, 2.05) is 25.2 Å². The van der Waals surface area contributed by atoms with Crippen LogP contribution in [0.1, 0.15) is 6.92 Å². The number of rotatable bonds is 8. The average Bonchev–Trinajstić information content (AvgIpc) is 3.16. The van der Waals surface area contributed by atoms with Crippen LogP contribution in [0.2, 0.25) is 0 Å². The second-order valence-corrected chi connectivity index (χ2v) is 4.14. The Labute approximate surface area is 101 Å². The molecule has 0 aliphatic carbocycles. The fourth-order valence-corrected chi connectivity index (χ4v) is 1.14. The van der Waals surface area contributed by atoms with E-state index in [0.29, 0.717) is 25.1 Å². The van der Waals surface area contributed by atoms with Crippen molar-refractivity contribution in [3.05, 3.63) is 36.3 Å². The van der Waals surface area contributed by atoms with Crippen molar-refractivity contribution in [1.82, 2.24) is 0 Å². The second-order valence-electron chi connectivity index (χ2n) is 4.14. The van der Waals surface area contributed by atoms with Gasteiger partial charge in [-0.25, -0.2) is 0 Å². The number of ether oxygens (including phenoxy) is 4. The van der Waals surface area contributed by atoms with Crippen molar-refractivity contribution in [3.8, 4) is 0 Å². The van der Waals surface area contributed by atoms with E-state index in [1.54, 1.807) is 0 Å². The fourth-order valence-electron chi connectivity index (χ4n) is 1.14. The van der Waals surface area contributed by atoms with Gasteiger partial charge in [-0.15, -0.1) is 0 Å². The van der Waals surface area contributed by atoms with Crippen molar-refractivity contribution in [1.29, 1.82) is 0 Å². The van der Waals surface area contributed by atoms with Gasteiger partial charge in [0.15, 0.2) is 0 Å². The fraction of sp³-hybridized carbons (Fsp3) is 0.538. The predicted octanol–water partition coefficient (Wildman–Crippen LogP) is 1.79. The lowest BCUT2D eigenvalue weighted by Gasteiger charge is -2.03. The maximum atomic E-state index is 5.45. The first kappa shape index (κ1) is 12.2. The summed E-state index contributed by atoms with van der Waals surface area (Å²) >= 11 is 0. The van der Waals surface area contributed by atoms with Crippen molar-refractivity contribution in [2.24, 2.45) is 0 Å². The molecule has 2 aliphatic heterocycles. The van der Waals surface area contributed by atoms with Gasteiger partial charge in [0.1, 0.15) is 31.2 Å². The molecule has 0 radical (unpaired) electrons. The van der Waals surface area contributed by atoms with Crippen LogP contribution in [-0.4, -0.2) is 38.6 Å². The topological polar surface area (TPSA) is 43.5 Å². The molecule has 2 aliphatic rings. The predicted molar refractivity (Wildman–Crippen MR) is 63.4 cm³/mol. The molecule has 4 heteroatoms. The number of epoxide rings is 2.